The molecule has 0 radical (unpaired) electrons. The zero-order valence-electron chi connectivity index (χ0n) is 6.41. The van der Waals surface area contributed by atoms with Crippen LogP contribution < -0.4 is 11.2 Å². The molecule has 0 heterocycles. The van der Waals surface area contributed by atoms with Gasteiger partial charge < -0.3 is 21.4 Å². The second-order valence-electron chi connectivity index (χ2n) is 2.02. The largest absolute Gasteiger partial charge is 0.597 e. The highest BCUT2D eigenvalue weighted by atomic mass is 16.1. The van der Waals surface area contributed by atoms with Crippen LogP contribution in [0.1, 0.15) is 13.3 Å². The summed E-state index contributed by atoms with van der Waals surface area (Å²) in [5, 5.41) is 0. The molecule has 11 heavy (non-hydrogen) atoms. The zero-order valence-corrected chi connectivity index (χ0v) is 6.41. The van der Waals surface area contributed by atoms with Gasteiger partial charge in [-0.05, 0) is 0 Å². The molecule has 3 N–H and O–H groups in total. The molecule has 0 fully saturated rings. The van der Waals surface area contributed by atoms with E-state index < -0.39 is 11.9 Å². The van der Waals surface area contributed by atoms with Crippen molar-refractivity contribution in [2.75, 3.05) is 6.54 Å². The van der Waals surface area contributed by atoms with Gasteiger partial charge in [0.05, 0.1) is 6.04 Å². The van der Waals surface area contributed by atoms with Crippen LogP contribution in [0.2, 0.25) is 0 Å². The second-order valence-corrected chi connectivity index (χ2v) is 2.02. The summed E-state index contributed by atoms with van der Waals surface area (Å²) in [5.74, 6) is -0.513. The third kappa shape index (κ3) is 5.50. The van der Waals surface area contributed by atoms with Crippen LogP contribution in [0, 0.1) is 0 Å². The van der Waals surface area contributed by atoms with Gasteiger partial charge in [0.2, 0.25) is 5.91 Å². The Morgan fingerprint density at radius 2 is 2.45 bits per heavy atom. The second kappa shape index (κ2) is 5.82. The van der Waals surface area contributed by atoms with E-state index in [1.807, 2.05) is 6.92 Å². The Morgan fingerprint density at radius 3 is 2.82 bits per heavy atom. The quantitative estimate of drug-likeness (QED) is 0.397. The average Bonchev–Trinajstić information content (AvgIpc) is 1.97. The molecule has 0 rings (SSSR count). The van der Waals surface area contributed by atoms with E-state index in [9.17, 15) is 9.59 Å². The van der Waals surface area contributed by atoms with Crippen molar-refractivity contribution < 1.29 is 9.59 Å². The van der Waals surface area contributed by atoms with E-state index in [0.717, 1.165) is 0 Å². The van der Waals surface area contributed by atoms with Crippen molar-refractivity contribution in [1.29, 1.82) is 0 Å². The van der Waals surface area contributed by atoms with Crippen LogP contribution in [0.4, 0.5) is 0 Å². The fourth-order valence-corrected chi connectivity index (χ4v) is 0.549. The standard InChI is InChI=1S/C6H12N3O2/c1-2-8-9-5(4-10)3-6(7)11/h4-5,9H,2-3H2,1H3,(H2,7,11)/q-1/t5-/m1/s1. The van der Waals surface area contributed by atoms with E-state index in [1.54, 1.807) is 0 Å². The minimum absolute atomic E-state index is 0.00694. The molecular formula is C6H12N3O2-. The summed E-state index contributed by atoms with van der Waals surface area (Å²) in [6, 6.07) is -0.576. The summed E-state index contributed by atoms with van der Waals surface area (Å²) < 4.78 is 0. The predicted octanol–water partition coefficient (Wildman–Crippen LogP) is -0.672. The molecule has 0 saturated heterocycles. The van der Waals surface area contributed by atoms with Gasteiger partial charge >= 0.3 is 0 Å². The lowest BCUT2D eigenvalue weighted by molar-refractivity contribution is -0.120. The Bertz CT molecular complexity index is 138. The van der Waals surface area contributed by atoms with Crippen LogP contribution in [0.15, 0.2) is 0 Å². The van der Waals surface area contributed by atoms with Crippen molar-refractivity contribution in [1.82, 2.24) is 5.43 Å². The Balaban J connectivity index is 3.57. The van der Waals surface area contributed by atoms with Crippen molar-refractivity contribution in [2.45, 2.75) is 19.4 Å². The van der Waals surface area contributed by atoms with Gasteiger partial charge in [-0.15, -0.1) is 6.54 Å². The van der Waals surface area contributed by atoms with E-state index in [0.29, 0.717) is 12.8 Å². The fraction of sp³-hybridized carbons (Fsp3) is 0.667. The first-order valence-corrected chi connectivity index (χ1v) is 3.36. The highest BCUT2D eigenvalue weighted by molar-refractivity contribution is 5.78. The van der Waals surface area contributed by atoms with Crippen LogP contribution in [0.3, 0.4) is 0 Å². The van der Waals surface area contributed by atoms with Crippen LogP contribution in [0.25, 0.3) is 5.43 Å². The lowest BCUT2D eigenvalue weighted by Crippen LogP contribution is -2.32. The Hall–Kier alpha value is -0.940. The maximum atomic E-state index is 10.3. The van der Waals surface area contributed by atoms with E-state index >= 15 is 0 Å². The van der Waals surface area contributed by atoms with Crippen LogP contribution in [-0.4, -0.2) is 24.8 Å². The van der Waals surface area contributed by atoms with Gasteiger partial charge in [-0.2, -0.15) is 0 Å². The first kappa shape index (κ1) is 10.1. The topological polar surface area (TPSA) is 86.3 Å². The normalized spacial score (nSPS) is 12.5. The van der Waals surface area contributed by atoms with Crippen molar-refractivity contribution >= 4 is 12.2 Å². The number of amides is 1. The number of aldehydes is 1. The smallest absolute Gasteiger partial charge is 0.219 e. The summed E-state index contributed by atoms with van der Waals surface area (Å²) in [6.45, 7) is 2.38. The first-order valence-electron chi connectivity index (χ1n) is 3.36. The molecule has 0 aliphatic rings. The number of primary amides is 1. The van der Waals surface area contributed by atoms with Crippen LogP contribution in [0.5, 0.6) is 0 Å². The molecule has 0 bridgehead atoms. The number of nitrogens with zero attached hydrogens (tertiary/aromatic N) is 1. The molecule has 0 saturated carbocycles. The van der Waals surface area contributed by atoms with Crippen molar-refractivity contribution in [3.63, 3.8) is 0 Å². The number of hydrogen-bond acceptors (Lipinski definition) is 3. The monoisotopic (exact) mass is 158 g/mol. The van der Waals surface area contributed by atoms with Gasteiger partial charge in [0.15, 0.2) is 0 Å². The number of nitrogens with two attached hydrogens (primary N) is 1. The van der Waals surface area contributed by atoms with Gasteiger partial charge in [0.25, 0.3) is 0 Å². The van der Waals surface area contributed by atoms with E-state index in [2.05, 4.69) is 10.9 Å². The predicted molar refractivity (Wildman–Crippen MR) is 40.7 cm³/mol. The fourth-order valence-electron chi connectivity index (χ4n) is 0.549. The van der Waals surface area contributed by atoms with E-state index in [1.165, 1.54) is 0 Å². The molecule has 0 aliphatic heterocycles. The lowest BCUT2D eigenvalue weighted by atomic mass is 10.2. The average molecular weight is 158 g/mol. The van der Waals surface area contributed by atoms with Gasteiger partial charge in [0, 0.05) is 6.42 Å². The summed E-state index contributed by atoms with van der Waals surface area (Å²) in [5.41, 5.74) is 11.1. The summed E-state index contributed by atoms with van der Waals surface area (Å²) in [4.78, 5) is 20.5. The third-order valence-electron chi connectivity index (χ3n) is 1.00. The molecule has 0 unspecified atom stereocenters. The zero-order chi connectivity index (χ0) is 8.69. The summed E-state index contributed by atoms with van der Waals surface area (Å²) >= 11 is 0. The van der Waals surface area contributed by atoms with Crippen LogP contribution in [-0.2, 0) is 9.59 Å². The molecule has 1 atom stereocenters. The molecule has 64 valence electrons. The number of carbonyl (C=O) groups excluding carboxylic acids is 2. The van der Waals surface area contributed by atoms with Gasteiger partial charge in [0.1, 0.15) is 6.29 Å². The maximum absolute atomic E-state index is 10.3. The SMILES string of the molecule is CC[N-]N[C@@H](C=O)CC(N)=O. The maximum Gasteiger partial charge on any atom is 0.219 e. The number of carbonyl (C=O) groups is 2. The molecule has 1 amide bonds. The van der Waals surface area contributed by atoms with E-state index in [-0.39, 0.29) is 6.42 Å². The minimum Gasteiger partial charge on any atom is -0.597 e. The minimum atomic E-state index is -0.576. The molecule has 5 heteroatoms. The van der Waals surface area contributed by atoms with E-state index in [4.69, 9.17) is 5.73 Å². The Labute approximate surface area is 65.3 Å². The Kier molecular flexibility index (Phi) is 5.32. The third-order valence-corrected chi connectivity index (χ3v) is 1.00. The summed E-state index contributed by atoms with van der Waals surface area (Å²) in [7, 11) is 0. The molecule has 0 aromatic heterocycles. The van der Waals surface area contributed by atoms with Crippen molar-refractivity contribution in [3.05, 3.63) is 5.43 Å². The molecule has 0 aromatic carbocycles. The molecular weight excluding hydrogens is 146 g/mol. The Morgan fingerprint density at radius 1 is 1.82 bits per heavy atom. The van der Waals surface area contributed by atoms with Crippen molar-refractivity contribution in [3.8, 4) is 0 Å². The highest BCUT2D eigenvalue weighted by Crippen LogP contribution is 1.89. The van der Waals surface area contributed by atoms with Gasteiger partial charge in [-0.3, -0.25) is 4.79 Å². The molecule has 0 spiro atoms. The van der Waals surface area contributed by atoms with Gasteiger partial charge in [-0.1, -0.05) is 6.92 Å². The lowest BCUT2D eigenvalue weighted by Gasteiger charge is -2.23. The molecule has 0 aromatic rings. The number of nitrogens with one attached hydrogen (secondary N) is 1. The summed E-state index contributed by atoms with van der Waals surface area (Å²) in [6.07, 6.45) is 0.608. The highest BCUT2D eigenvalue weighted by Gasteiger charge is 2.04. The van der Waals surface area contributed by atoms with Crippen molar-refractivity contribution in [2.24, 2.45) is 5.73 Å². The molecule has 0 aliphatic carbocycles. The molecule has 5 nitrogen and oxygen atoms in total. The first-order chi connectivity index (χ1) is 5.20. The van der Waals surface area contributed by atoms with Crippen LogP contribution >= 0.6 is 0 Å². The number of rotatable bonds is 6. The number of hydrogen-bond donors (Lipinski definition) is 2. The van der Waals surface area contributed by atoms with Gasteiger partial charge in [-0.25, -0.2) is 0 Å².